The summed E-state index contributed by atoms with van der Waals surface area (Å²) >= 11 is 3.30. The van der Waals surface area contributed by atoms with Gasteiger partial charge in [-0.25, -0.2) is 0 Å². The third-order valence-corrected chi connectivity index (χ3v) is 1.95. The fraction of sp³-hybridized carbons (Fsp3) is 0.250. The van der Waals surface area contributed by atoms with Crippen LogP contribution >= 0.6 is 15.9 Å². The number of anilines is 1. The average molecular weight is 241 g/mol. The van der Waals surface area contributed by atoms with Crippen LogP contribution in [0.2, 0.25) is 0 Å². The summed E-state index contributed by atoms with van der Waals surface area (Å²) < 4.78 is 0. The molecule has 1 aromatic rings. The zero-order valence-electron chi connectivity index (χ0n) is 6.92. The van der Waals surface area contributed by atoms with E-state index in [9.17, 15) is 0 Å². The second-order valence-corrected chi connectivity index (χ2v) is 3.18. The molecule has 13 heavy (non-hydrogen) atoms. The Labute approximate surface area is 84.6 Å². The zero-order chi connectivity index (χ0) is 9.68. The summed E-state index contributed by atoms with van der Waals surface area (Å²) in [4.78, 5) is 0. The topological polar surface area (TPSA) is 78.5 Å². The molecule has 1 aromatic heterocycles. The Morgan fingerprint density at radius 2 is 2.46 bits per heavy atom. The minimum atomic E-state index is 0.251. The minimum Gasteiger partial charge on any atom is -0.381 e. The molecule has 0 atom stereocenters. The van der Waals surface area contributed by atoms with Crippen LogP contribution in [0.25, 0.3) is 6.08 Å². The van der Waals surface area contributed by atoms with Crippen molar-refractivity contribution in [2.45, 2.75) is 6.42 Å². The molecular formula is C8H9BrN4. The van der Waals surface area contributed by atoms with Crippen molar-refractivity contribution < 1.29 is 0 Å². The van der Waals surface area contributed by atoms with Crippen molar-refractivity contribution in [1.82, 2.24) is 10.2 Å². The monoisotopic (exact) mass is 240 g/mol. The maximum absolute atomic E-state index is 8.71. The van der Waals surface area contributed by atoms with Crippen LogP contribution in [0.5, 0.6) is 0 Å². The van der Waals surface area contributed by atoms with Crippen LogP contribution in [0, 0.1) is 11.3 Å². The number of allylic oxidation sites excluding steroid dienone is 1. The van der Waals surface area contributed by atoms with E-state index < -0.39 is 0 Å². The lowest BCUT2D eigenvalue weighted by Gasteiger charge is -1.86. The Kier molecular flexibility index (Phi) is 3.53. The second kappa shape index (κ2) is 4.67. The molecule has 0 aliphatic heterocycles. The summed E-state index contributed by atoms with van der Waals surface area (Å²) in [5, 5.41) is 16.0. The van der Waals surface area contributed by atoms with Crippen molar-refractivity contribution in [2.24, 2.45) is 0 Å². The van der Waals surface area contributed by atoms with Crippen LogP contribution in [-0.2, 0) is 0 Å². The number of rotatable bonds is 3. The van der Waals surface area contributed by atoms with Gasteiger partial charge < -0.3 is 5.73 Å². The molecule has 1 rings (SSSR count). The molecule has 0 unspecified atom stereocenters. The SMILES string of the molecule is N#Cc1c(N)n[nH]c1C=CCCBr. The van der Waals surface area contributed by atoms with Gasteiger partial charge in [-0.05, 0) is 12.5 Å². The largest absolute Gasteiger partial charge is 0.381 e. The molecule has 0 aromatic carbocycles. The van der Waals surface area contributed by atoms with Crippen molar-refractivity contribution in [3.05, 3.63) is 17.3 Å². The van der Waals surface area contributed by atoms with E-state index in [0.717, 1.165) is 11.8 Å². The Morgan fingerprint density at radius 1 is 1.69 bits per heavy atom. The predicted molar refractivity (Wildman–Crippen MR) is 55.2 cm³/mol. The molecule has 0 aliphatic rings. The number of nitriles is 1. The first-order valence-electron chi connectivity index (χ1n) is 3.76. The van der Waals surface area contributed by atoms with Crippen molar-refractivity contribution in [3.8, 4) is 6.07 Å². The maximum Gasteiger partial charge on any atom is 0.163 e. The second-order valence-electron chi connectivity index (χ2n) is 2.39. The molecule has 1 heterocycles. The highest BCUT2D eigenvalue weighted by Crippen LogP contribution is 2.13. The molecule has 0 spiro atoms. The summed E-state index contributed by atoms with van der Waals surface area (Å²) in [6.45, 7) is 0. The van der Waals surface area contributed by atoms with Crippen LogP contribution in [0.15, 0.2) is 6.08 Å². The van der Waals surface area contributed by atoms with Gasteiger partial charge in [-0.1, -0.05) is 22.0 Å². The summed E-state index contributed by atoms with van der Waals surface area (Å²) in [5.74, 6) is 0.251. The fourth-order valence-corrected chi connectivity index (χ4v) is 1.14. The molecule has 3 N–H and O–H groups in total. The smallest absolute Gasteiger partial charge is 0.163 e. The van der Waals surface area contributed by atoms with E-state index in [1.807, 2.05) is 18.2 Å². The number of aromatic nitrogens is 2. The third-order valence-electron chi connectivity index (χ3n) is 1.49. The molecule has 0 amide bonds. The molecule has 68 valence electrons. The Morgan fingerprint density at radius 3 is 3.08 bits per heavy atom. The molecule has 0 aliphatic carbocycles. The highest BCUT2D eigenvalue weighted by molar-refractivity contribution is 9.09. The number of alkyl halides is 1. The van der Waals surface area contributed by atoms with E-state index in [4.69, 9.17) is 11.0 Å². The van der Waals surface area contributed by atoms with Crippen molar-refractivity contribution in [1.29, 1.82) is 5.26 Å². The van der Waals surface area contributed by atoms with Crippen molar-refractivity contribution >= 4 is 27.8 Å². The van der Waals surface area contributed by atoms with E-state index in [-0.39, 0.29) is 5.82 Å². The van der Waals surface area contributed by atoms with Crippen LogP contribution in [0.1, 0.15) is 17.7 Å². The predicted octanol–water partition coefficient (Wildman–Crippen LogP) is 1.66. The molecule has 0 bridgehead atoms. The van der Waals surface area contributed by atoms with Gasteiger partial charge in [0.2, 0.25) is 0 Å². The number of H-pyrrole nitrogens is 1. The normalized spacial score (nSPS) is 10.5. The van der Waals surface area contributed by atoms with Gasteiger partial charge in [0, 0.05) is 5.33 Å². The van der Waals surface area contributed by atoms with Gasteiger partial charge in [-0.15, -0.1) is 0 Å². The van der Waals surface area contributed by atoms with Gasteiger partial charge >= 0.3 is 0 Å². The van der Waals surface area contributed by atoms with Crippen molar-refractivity contribution in [3.63, 3.8) is 0 Å². The zero-order valence-corrected chi connectivity index (χ0v) is 8.50. The van der Waals surface area contributed by atoms with E-state index in [2.05, 4.69) is 26.1 Å². The lowest BCUT2D eigenvalue weighted by Crippen LogP contribution is -1.87. The van der Waals surface area contributed by atoms with Crippen LogP contribution in [0.3, 0.4) is 0 Å². The third kappa shape index (κ3) is 2.33. The number of halogens is 1. The Hall–Kier alpha value is -1.28. The minimum absolute atomic E-state index is 0.251. The standard InChI is InChI=1S/C8H9BrN4/c9-4-2-1-3-7-6(5-10)8(11)13-12-7/h1,3H,2,4H2,(H3,11,12,13). The number of nitrogen functional groups attached to an aromatic ring is 1. The number of nitrogens with one attached hydrogen (secondary N) is 1. The lowest BCUT2D eigenvalue weighted by atomic mass is 10.2. The molecule has 0 saturated carbocycles. The lowest BCUT2D eigenvalue weighted by molar-refractivity contribution is 1.08. The number of nitrogens with two attached hydrogens (primary N) is 1. The quantitative estimate of drug-likeness (QED) is 0.790. The van der Waals surface area contributed by atoms with Gasteiger partial charge in [-0.3, -0.25) is 5.10 Å². The Bertz CT molecular complexity index is 348. The van der Waals surface area contributed by atoms with E-state index in [1.54, 1.807) is 0 Å². The summed E-state index contributed by atoms with van der Waals surface area (Å²) in [7, 11) is 0. The average Bonchev–Trinajstić information content (AvgIpc) is 2.47. The number of hydrogen-bond acceptors (Lipinski definition) is 3. The van der Waals surface area contributed by atoms with Crippen LogP contribution in [0.4, 0.5) is 5.82 Å². The maximum atomic E-state index is 8.71. The fourth-order valence-electron chi connectivity index (χ4n) is 0.873. The van der Waals surface area contributed by atoms with E-state index >= 15 is 0 Å². The van der Waals surface area contributed by atoms with E-state index in [1.165, 1.54) is 0 Å². The molecular weight excluding hydrogens is 232 g/mol. The molecule has 0 radical (unpaired) electrons. The van der Waals surface area contributed by atoms with Gasteiger partial charge in [0.05, 0.1) is 5.69 Å². The molecule has 4 nitrogen and oxygen atoms in total. The van der Waals surface area contributed by atoms with Crippen LogP contribution < -0.4 is 5.73 Å². The highest BCUT2D eigenvalue weighted by Gasteiger charge is 2.05. The van der Waals surface area contributed by atoms with E-state index in [0.29, 0.717) is 11.3 Å². The first-order chi connectivity index (χ1) is 6.29. The number of nitrogens with zero attached hydrogens (tertiary/aromatic N) is 2. The van der Waals surface area contributed by atoms with Crippen molar-refractivity contribution in [2.75, 3.05) is 11.1 Å². The highest BCUT2D eigenvalue weighted by atomic mass is 79.9. The first kappa shape index (κ1) is 9.81. The van der Waals surface area contributed by atoms with Gasteiger partial charge in [0.25, 0.3) is 0 Å². The Balaban J connectivity index is 2.84. The number of aromatic amines is 1. The van der Waals surface area contributed by atoms with Crippen LogP contribution in [-0.4, -0.2) is 15.5 Å². The van der Waals surface area contributed by atoms with Gasteiger partial charge in [-0.2, -0.15) is 10.4 Å². The van der Waals surface area contributed by atoms with Gasteiger partial charge in [0.1, 0.15) is 11.6 Å². The molecule has 0 saturated heterocycles. The molecule has 0 fully saturated rings. The summed E-state index contributed by atoms with van der Waals surface area (Å²) in [6.07, 6.45) is 4.66. The summed E-state index contributed by atoms with van der Waals surface area (Å²) in [5.41, 5.74) is 6.52. The molecule has 5 heteroatoms. The first-order valence-corrected chi connectivity index (χ1v) is 4.88. The summed E-state index contributed by atoms with van der Waals surface area (Å²) in [6, 6.07) is 1.99. The number of hydrogen-bond donors (Lipinski definition) is 2. The van der Waals surface area contributed by atoms with Gasteiger partial charge in [0.15, 0.2) is 5.82 Å².